The lowest BCUT2D eigenvalue weighted by molar-refractivity contribution is -0.155. The van der Waals surface area contributed by atoms with E-state index in [-0.39, 0.29) is 12.1 Å². The number of morpholine rings is 1. The summed E-state index contributed by atoms with van der Waals surface area (Å²) in [4.78, 5) is 14.3. The SMILES string of the molecule is CC(C)(C)OC(=O)CCN1CCOC(c2ccc(Oc3cccc4ccccc34)cc2)C1. The van der Waals surface area contributed by atoms with Crippen LogP contribution in [0.2, 0.25) is 0 Å². The maximum absolute atomic E-state index is 12.0. The van der Waals surface area contributed by atoms with Crippen molar-refractivity contribution in [2.45, 2.75) is 38.9 Å². The predicted molar refractivity (Wildman–Crippen MR) is 126 cm³/mol. The molecule has 1 fully saturated rings. The second-order valence-electron chi connectivity index (χ2n) is 9.14. The van der Waals surface area contributed by atoms with Crippen molar-refractivity contribution in [2.24, 2.45) is 0 Å². The Morgan fingerprint density at radius 3 is 2.56 bits per heavy atom. The number of hydrogen-bond acceptors (Lipinski definition) is 5. The van der Waals surface area contributed by atoms with Crippen molar-refractivity contribution in [1.29, 1.82) is 0 Å². The van der Waals surface area contributed by atoms with Gasteiger partial charge in [0, 0.05) is 25.0 Å². The molecule has 0 amide bonds. The highest BCUT2D eigenvalue weighted by Gasteiger charge is 2.23. The summed E-state index contributed by atoms with van der Waals surface area (Å²) in [6.45, 7) is 8.58. The Bertz CT molecular complexity index is 1050. The standard InChI is InChI=1S/C27H31NO4/c1-27(2,3)32-26(29)15-16-28-17-18-30-25(19-28)21-11-13-22(14-12-21)31-24-10-6-8-20-7-4-5-9-23(20)24/h4-14,25H,15-19H2,1-3H3. The third kappa shape index (κ3) is 5.87. The van der Waals surface area contributed by atoms with Gasteiger partial charge in [-0.3, -0.25) is 9.69 Å². The van der Waals surface area contributed by atoms with Crippen molar-refractivity contribution in [3.05, 3.63) is 72.3 Å². The first-order valence-corrected chi connectivity index (χ1v) is 11.2. The molecule has 3 aromatic carbocycles. The van der Waals surface area contributed by atoms with Gasteiger partial charge in [0.1, 0.15) is 17.1 Å². The van der Waals surface area contributed by atoms with Gasteiger partial charge >= 0.3 is 5.97 Å². The van der Waals surface area contributed by atoms with Crippen molar-refractivity contribution in [2.75, 3.05) is 26.2 Å². The number of carbonyl (C=O) groups is 1. The van der Waals surface area contributed by atoms with Gasteiger partial charge in [0.25, 0.3) is 0 Å². The molecule has 168 valence electrons. The number of nitrogens with zero attached hydrogens (tertiary/aromatic N) is 1. The van der Waals surface area contributed by atoms with Gasteiger partial charge in [0.2, 0.25) is 0 Å². The average Bonchev–Trinajstić information content (AvgIpc) is 2.78. The van der Waals surface area contributed by atoms with Gasteiger partial charge in [-0.15, -0.1) is 0 Å². The van der Waals surface area contributed by atoms with E-state index in [1.54, 1.807) is 0 Å². The number of ether oxygens (including phenoxy) is 3. The van der Waals surface area contributed by atoms with E-state index < -0.39 is 5.60 Å². The van der Waals surface area contributed by atoms with Gasteiger partial charge in [0.05, 0.1) is 19.1 Å². The lowest BCUT2D eigenvalue weighted by Crippen LogP contribution is -2.39. The summed E-state index contributed by atoms with van der Waals surface area (Å²) in [5, 5.41) is 2.25. The smallest absolute Gasteiger partial charge is 0.307 e. The van der Waals surface area contributed by atoms with Gasteiger partial charge in [-0.2, -0.15) is 0 Å². The Kier molecular flexibility index (Phi) is 6.77. The number of esters is 1. The molecule has 1 atom stereocenters. The summed E-state index contributed by atoms with van der Waals surface area (Å²) in [7, 11) is 0. The molecule has 1 unspecified atom stereocenters. The lowest BCUT2D eigenvalue weighted by Gasteiger charge is -2.33. The van der Waals surface area contributed by atoms with E-state index in [0.717, 1.165) is 40.9 Å². The summed E-state index contributed by atoms with van der Waals surface area (Å²) in [6.07, 6.45) is 0.371. The molecular weight excluding hydrogens is 402 g/mol. The van der Waals surface area contributed by atoms with Crippen LogP contribution in [0.1, 0.15) is 38.9 Å². The summed E-state index contributed by atoms with van der Waals surface area (Å²) in [6, 6.07) is 22.4. The molecule has 0 saturated carbocycles. The molecule has 0 radical (unpaired) electrons. The third-order valence-electron chi connectivity index (χ3n) is 5.43. The lowest BCUT2D eigenvalue weighted by atomic mass is 10.1. The predicted octanol–water partition coefficient (Wildman–Crippen LogP) is 5.74. The molecule has 32 heavy (non-hydrogen) atoms. The maximum atomic E-state index is 12.0. The molecule has 1 aliphatic heterocycles. The number of benzene rings is 3. The topological polar surface area (TPSA) is 48.0 Å². The van der Waals surface area contributed by atoms with Crippen LogP contribution in [0, 0.1) is 0 Å². The van der Waals surface area contributed by atoms with Crippen molar-refractivity contribution in [1.82, 2.24) is 4.90 Å². The molecule has 0 N–H and O–H groups in total. The Labute approximate surface area is 189 Å². The zero-order chi connectivity index (χ0) is 22.6. The zero-order valence-electron chi connectivity index (χ0n) is 19.0. The van der Waals surface area contributed by atoms with Gasteiger partial charge < -0.3 is 14.2 Å². The van der Waals surface area contributed by atoms with Crippen LogP contribution in [-0.2, 0) is 14.3 Å². The normalized spacial score (nSPS) is 17.3. The first-order valence-electron chi connectivity index (χ1n) is 11.2. The fourth-order valence-electron chi connectivity index (χ4n) is 3.91. The van der Waals surface area contributed by atoms with Crippen molar-refractivity contribution >= 4 is 16.7 Å². The molecule has 0 aliphatic carbocycles. The van der Waals surface area contributed by atoms with Crippen molar-refractivity contribution in [3.63, 3.8) is 0 Å². The molecule has 1 saturated heterocycles. The monoisotopic (exact) mass is 433 g/mol. The highest BCUT2D eigenvalue weighted by molar-refractivity contribution is 5.88. The zero-order valence-corrected chi connectivity index (χ0v) is 19.0. The van der Waals surface area contributed by atoms with Crippen LogP contribution < -0.4 is 4.74 Å². The molecule has 1 aliphatic rings. The summed E-state index contributed by atoms with van der Waals surface area (Å²) in [5.74, 6) is 1.48. The van der Waals surface area contributed by atoms with E-state index >= 15 is 0 Å². The first kappa shape index (κ1) is 22.3. The third-order valence-corrected chi connectivity index (χ3v) is 5.43. The molecule has 5 heteroatoms. The maximum Gasteiger partial charge on any atom is 0.307 e. The Morgan fingerprint density at radius 1 is 1.03 bits per heavy atom. The van der Waals surface area contributed by atoms with Gasteiger partial charge in [0.15, 0.2) is 0 Å². The van der Waals surface area contributed by atoms with E-state index in [9.17, 15) is 4.79 Å². The van der Waals surface area contributed by atoms with E-state index in [1.165, 1.54) is 0 Å². The van der Waals surface area contributed by atoms with Crippen molar-refractivity contribution in [3.8, 4) is 11.5 Å². The average molecular weight is 434 g/mol. The van der Waals surface area contributed by atoms with E-state index in [0.29, 0.717) is 19.6 Å². The number of hydrogen-bond donors (Lipinski definition) is 0. The molecule has 0 aromatic heterocycles. The Hall–Kier alpha value is -2.89. The van der Waals surface area contributed by atoms with E-state index in [1.807, 2.05) is 57.2 Å². The Balaban J connectivity index is 1.35. The highest BCUT2D eigenvalue weighted by Crippen LogP contribution is 2.31. The number of fused-ring (bicyclic) bond motifs is 1. The van der Waals surface area contributed by atoms with Crippen LogP contribution in [-0.4, -0.2) is 42.7 Å². The number of rotatable bonds is 6. The molecule has 3 aromatic rings. The highest BCUT2D eigenvalue weighted by atomic mass is 16.6. The van der Waals surface area contributed by atoms with E-state index in [4.69, 9.17) is 14.2 Å². The van der Waals surface area contributed by atoms with E-state index in [2.05, 4.69) is 35.2 Å². The molecule has 5 nitrogen and oxygen atoms in total. The van der Waals surface area contributed by atoms with Crippen LogP contribution in [0.15, 0.2) is 66.7 Å². The minimum Gasteiger partial charge on any atom is -0.460 e. The molecular formula is C27H31NO4. The summed E-state index contributed by atoms with van der Waals surface area (Å²) < 4.78 is 17.6. The van der Waals surface area contributed by atoms with Crippen molar-refractivity contribution < 1.29 is 19.0 Å². The molecule has 0 bridgehead atoms. The molecule has 0 spiro atoms. The first-order chi connectivity index (χ1) is 15.4. The Morgan fingerprint density at radius 2 is 1.78 bits per heavy atom. The van der Waals surface area contributed by atoms with Gasteiger partial charge in [-0.05, 0) is 49.9 Å². The molecule has 1 heterocycles. The minimum atomic E-state index is -0.444. The second-order valence-corrected chi connectivity index (χ2v) is 9.14. The van der Waals surface area contributed by atoms with Crippen LogP contribution >= 0.6 is 0 Å². The van der Waals surface area contributed by atoms with Gasteiger partial charge in [-0.1, -0.05) is 48.5 Å². The minimum absolute atomic E-state index is 0.0195. The fraction of sp³-hybridized carbons (Fsp3) is 0.370. The fourth-order valence-corrected chi connectivity index (χ4v) is 3.91. The summed E-state index contributed by atoms with van der Waals surface area (Å²) >= 11 is 0. The summed E-state index contributed by atoms with van der Waals surface area (Å²) in [5.41, 5.74) is 0.665. The quantitative estimate of drug-likeness (QED) is 0.464. The molecule has 4 rings (SSSR count). The van der Waals surface area contributed by atoms with Crippen LogP contribution in [0.4, 0.5) is 0 Å². The van der Waals surface area contributed by atoms with Crippen LogP contribution in [0.25, 0.3) is 10.8 Å². The second kappa shape index (κ2) is 9.72. The number of carbonyl (C=O) groups excluding carboxylic acids is 1. The van der Waals surface area contributed by atoms with Crippen LogP contribution in [0.5, 0.6) is 11.5 Å². The largest absolute Gasteiger partial charge is 0.460 e. The van der Waals surface area contributed by atoms with Gasteiger partial charge in [-0.25, -0.2) is 0 Å². The van der Waals surface area contributed by atoms with Crippen LogP contribution in [0.3, 0.4) is 0 Å².